The topological polar surface area (TPSA) is 52.6 Å². The lowest BCUT2D eigenvalue weighted by molar-refractivity contribution is -0.132. The average Bonchev–Trinajstić information content (AvgIpc) is 2.30. The molecule has 1 saturated heterocycles. The molecule has 0 unspecified atom stereocenters. The van der Waals surface area contributed by atoms with Gasteiger partial charge >= 0.3 is 0 Å². The van der Waals surface area contributed by atoms with Gasteiger partial charge in [0.25, 0.3) is 0 Å². The smallest absolute Gasteiger partial charge is 0.220 e. The molecule has 1 aromatic rings. The van der Waals surface area contributed by atoms with Gasteiger partial charge in [-0.2, -0.15) is 0 Å². The maximum absolute atomic E-state index is 11.5. The average molecular weight is 220 g/mol. The fourth-order valence-corrected chi connectivity index (χ4v) is 2.08. The molecule has 1 aliphatic rings. The second-order valence-corrected chi connectivity index (χ2v) is 4.02. The highest BCUT2D eigenvalue weighted by molar-refractivity contribution is 5.74. The number of phenolic OH excluding ortho intramolecular Hbond substituents is 1. The zero-order valence-electron chi connectivity index (χ0n) is 9.31. The van der Waals surface area contributed by atoms with Gasteiger partial charge in [0.2, 0.25) is 5.91 Å². The van der Waals surface area contributed by atoms with Gasteiger partial charge in [0.15, 0.2) is 0 Å². The second-order valence-electron chi connectivity index (χ2n) is 4.02. The Kier molecular flexibility index (Phi) is 3.10. The van der Waals surface area contributed by atoms with Gasteiger partial charge in [-0.1, -0.05) is 12.1 Å². The summed E-state index contributed by atoms with van der Waals surface area (Å²) in [5.74, 6) is 0.349. The van der Waals surface area contributed by atoms with E-state index in [-0.39, 0.29) is 17.7 Å². The number of amides is 1. The number of piperazine rings is 1. The summed E-state index contributed by atoms with van der Waals surface area (Å²) in [4.78, 5) is 13.4. The standard InChI is InChI=1S/C12H16N2O2/c1-9(15)14-7-6-13-8-12(14)10-2-4-11(16)5-3-10/h2-5,12-13,16H,6-8H2,1H3/t12-/m0/s1. The summed E-state index contributed by atoms with van der Waals surface area (Å²) >= 11 is 0. The van der Waals surface area contributed by atoms with Crippen LogP contribution in [-0.4, -0.2) is 35.5 Å². The molecule has 1 fully saturated rings. The van der Waals surface area contributed by atoms with Crippen molar-refractivity contribution in [1.82, 2.24) is 10.2 Å². The quantitative estimate of drug-likeness (QED) is 0.739. The molecule has 0 aliphatic carbocycles. The van der Waals surface area contributed by atoms with Crippen LogP contribution in [0.2, 0.25) is 0 Å². The summed E-state index contributed by atoms with van der Waals surface area (Å²) in [6, 6.07) is 7.11. The van der Waals surface area contributed by atoms with Crippen molar-refractivity contribution in [2.75, 3.05) is 19.6 Å². The third-order valence-electron chi connectivity index (χ3n) is 2.93. The van der Waals surface area contributed by atoms with Crippen molar-refractivity contribution < 1.29 is 9.90 Å². The minimum atomic E-state index is 0.0758. The minimum absolute atomic E-state index is 0.0758. The van der Waals surface area contributed by atoms with Crippen LogP contribution >= 0.6 is 0 Å². The van der Waals surface area contributed by atoms with Gasteiger partial charge in [0, 0.05) is 26.6 Å². The third kappa shape index (κ3) is 2.17. The maximum atomic E-state index is 11.5. The molecule has 16 heavy (non-hydrogen) atoms. The lowest BCUT2D eigenvalue weighted by Gasteiger charge is -2.35. The van der Waals surface area contributed by atoms with E-state index in [0.717, 1.165) is 25.2 Å². The second kappa shape index (κ2) is 4.53. The first-order valence-electron chi connectivity index (χ1n) is 5.45. The molecule has 1 aromatic carbocycles. The van der Waals surface area contributed by atoms with Crippen LogP contribution in [0.1, 0.15) is 18.5 Å². The molecular formula is C12H16N2O2. The first-order valence-corrected chi connectivity index (χ1v) is 5.45. The third-order valence-corrected chi connectivity index (χ3v) is 2.93. The number of carbonyl (C=O) groups excluding carboxylic acids is 1. The van der Waals surface area contributed by atoms with E-state index in [1.54, 1.807) is 19.1 Å². The minimum Gasteiger partial charge on any atom is -0.508 e. The zero-order valence-corrected chi connectivity index (χ0v) is 9.31. The van der Waals surface area contributed by atoms with Crippen LogP contribution in [0.4, 0.5) is 0 Å². The van der Waals surface area contributed by atoms with E-state index in [2.05, 4.69) is 5.32 Å². The summed E-state index contributed by atoms with van der Waals surface area (Å²) in [5.41, 5.74) is 1.06. The lowest BCUT2D eigenvalue weighted by atomic mass is 10.0. The SMILES string of the molecule is CC(=O)N1CCNC[C@H]1c1ccc(O)cc1. The molecule has 1 atom stereocenters. The number of hydrogen-bond acceptors (Lipinski definition) is 3. The number of hydrogen-bond donors (Lipinski definition) is 2. The maximum Gasteiger partial charge on any atom is 0.220 e. The predicted octanol–water partition coefficient (Wildman–Crippen LogP) is 0.885. The van der Waals surface area contributed by atoms with Crippen molar-refractivity contribution >= 4 is 5.91 Å². The van der Waals surface area contributed by atoms with Crippen molar-refractivity contribution in [2.45, 2.75) is 13.0 Å². The number of benzene rings is 1. The number of nitrogens with one attached hydrogen (secondary N) is 1. The van der Waals surface area contributed by atoms with Gasteiger partial charge in [-0.25, -0.2) is 0 Å². The highest BCUT2D eigenvalue weighted by atomic mass is 16.3. The lowest BCUT2D eigenvalue weighted by Crippen LogP contribution is -2.47. The normalized spacial score (nSPS) is 20.8. The van der Waals surface area contributed by atoms with Crippen molar-refractivity contribution in [2.24, 2.45) is 0 Å². The molecule has 0 radical (unpaired) electrons. The van der Waals surface area contributed by atoms with Crippen molar-refractivity contribution in [3.63, 3.8) is 0 Å². The molecule has 86 valence electrons. The van der Waals surface area contributed by atoms with E-state index in [4.69, 9.17) is 0 Å². The first kappa shape index (κ1) is 11.0. The van der Waals surface area contributed by atoms with Gasteiger partial charge in [-0.3, -0.25) is 4.79 Å². The van der Waals surface area contributed by atoms with Crippen LogP contribution in [0, 0.1) is 0 Å². The largest absolute Gasteiger partial charge is 0.508 e. The molecule has 0 saturated carbocycles. The van der Waals surface area contributed by atoms with Crippen LogP contribution in [0.3, 0.4) is 0 Å². The van der Waals surface area contributed by atoms with Crippen LogP contribution in [-0.2, 0) is 4.79 Å². The van der Waals surface area contributed by atoms with Gasteiger partial charge in [0.1, 0.15) is 5.75 Å². The highest BCUT2D eigenvalue weighted by Gasteiger charge is 2.25. The Balaban J connectivity index is 2.23. The fourth-order valence-electron chi connectivity index (χ4n) is 2.08. The summed E-state index contributed by atoms with van der Waals surface area (Å²) in [5, 5.41) is 12.5. The number of aromatic hydroxyl groups is 1. The van der Waals surface area contributed by atoms with Crippen LogP contribution in [0.25, 0.3) is 0 Å². The molecule has 2 rings (SSSR count). The Morgan fingerprint density at radius 2 is 2.12 bits per heavy atom. The number of nitrogens with zero attached hydrogens (tertiary/aromatic N) is 1. The Bertz CT molecular complexity index is 375. The van der Waals surface area contributed by atoms with Crippen molar-refractivity contribution in [3.8, 4) is 5.75 Å². The Morgan fingerprint density at radius 1 is 1.44 bits per heavy atom. The van der Waals surface area contributed by atoms with Crippen LogP contribution < -0.4 is 5.32 Å². The molecule has 0 spiro atoms. The van der Waals surface area contributed by atoms with Crippen molar-refractivity contribution in [1.29, 1.82) is 0 Å². The Labute approximate surface area is 94.9 Å². The Morgan fingerprint density at radius 3 is 2.75 bits per heavy atom. The van der Waals surface area contributed by atoms with Gasteiger partial charge in [-0.15, -0.1) is 0 Å². The monoisotopic (exact) mass is 220 g/mol. The number of phenols is 1. The molecule has 1 heterocycles. The summed E-state index contributed by atoms with van der Waals surface area (Å²) in [7, 11) is 0. The van der Waals surface area contributed by atoms with E-state index in [0.29, 0.717) is 0 Å². The molecule has 4 heteroatoms. The highest BCUT2D eigenvalue weighted by Crippen LogP contribution is 2.23. The van der Waals surface area contributed by atoms with E-state index < -0.39 is 0 Å². The van der Waals surface area contributed by atoms with E-state index in [9.17, 15) is 9.90 Å². The predicted molar refractivity (Wildman–Crippen MR) is 61.1 cm³/mol. The van der Waals surface area contributed by atoms with Gasteiger partial charge < -0.3 is 15.3 Å². The van der Waals surface area contributed by atoms with Crippen molar-refractivity contribution in [3.05, 3.63) is 29.8 Å². The number of rotatable bonds is 1. The fraction of sp³-hybridized carbons (Fsp3) is 0.417. The zero-order chi connectivity index (χ0) is 11.5. The molecular weight excluding hydrogens is 204 g/mol. The van der Waals surface area contributed by atoms with Gasteiger partial charge in [0.05, 0.1) is 6.04 Å². The molecule has 0 aromatic heterocycles. The molecule has 0 bridgehead atoms. The van der Waals surface area contributed by atoms with E-state index in [1.807, 2.05) is 17.0 Å². The van der Waals surface area contributed by atoms with E-state index >= 15 is 0 Å². The van der Waals surface area contributed by atoms with Gasteiger partial charge in [-0.05, 0) is 17.7 Å². The van der Waals surface area contributed by atoms with E-state index in [1.165, 1.54) is 0 Å². The number of carbonyl (C=O) groups is 1. The summed E-state index contributed by atoms with van der Waals surface area (Å²) in [6.07, 6.45) is 0. The summed E-state index contributed by atoms with van der Waals surface area (Å²) in [6.45, 7) is 3.94. The molecule has 4 nitrogen and oxygen atoms in total. The van der Waals surface area contributed by atoms with Crippen LogP contribution in [0.15, 0.2) is 24.3 Å². The Hall–Kier alpha value is -1.55. The van der Waals surface area contributed by atoms with Crippen LogP contribution in [0.5, 0.6) is 5.75 Å². The molecule has 1 aliphatic heterocycles. The molecule has 1 amide bonds. The molecule has 2 N–H and O–H groups in total. The first-order chi connectivity index (χ1) is 7.68. The summed E-state index contributed by atoms with van der Waals surface area (Å²) < 4.78 is 0.